The van der Waals surface area contributed by atoms with Gasteiger partial charge in [0.05, 0.1) is 11.4 Å². The molecule has 0 atom stereocenters. The first kappa shape index (κ1) is 11.9. The molecule has 0 fully saturated rings. The lowest BCUT2D eigenvalue weighted by atomic mass is 10.1. The fourth-order valence-corrected chi connectivity index (χ4v) is 1.94. The van der Waals surface area contributed by atoms with E-state index >= 15 is 0 Å². The third-order valence-corrected chi connectivity index (χ3v) is 2.64. The van der Waals surface area contributed by atoms with E-state index in [1.807, 2.05) is 12.1 Å². The summed E-state index contributed by atoms with van der Waals surface area (Å²) in [5, 5.41) is 0. The zero-order chi connectivity index (χ0) is 11.4. The Bertz CT molecular complexity index is 298. The topological polar surface area (TPSA) is 29.3 Å². The summed E-state index contributed by atoms with van der Waals surface area (Å²) in [4.78, 5) is 2.38. The van der Waals surface area contributed by atoms with Crippen LogP contribution in [0.4, 0.5) is 11.4 Å². The van der Waals surface area contributed by atoms with Crippen molar-refractivity contribution in [1.29, 1.82) is 0 Å². The first-order valence-corrected chi connectivity index (χ1v) is 5.69. The van der Waals surface area contributed by atoms with Crippen molar-refractivity contribution in [3.63, 3.8) is 0 Å². The van der Waals surface area contributed by atoms with E-state index in [-0.39, 0.29) is 0 Å². The van der Waals surface area contributed by atoms with Gasteiger partial charge in [0.2, 0.25) is 0 Å². The molecule has 2 nitrogen and oxygen atoms in total. The first-order valence-electron chi connectivity index (χ1n) is 5.69. The molecule has 0 heterocycles. The second-order valence-electron chi connectivity index (χ2n) is 4.30. The molecule has 1 rings (SSSR count). The van der Waals surface area contributed by atoms with Gasteiger partial charge in [-0.05, 0) is 38.8 Å². The molecule has 0 aromatic heterocycles. The number of para-hydroxylation sites is 1. The highest BCUT2D eigenvalue weighted by Crippen LogP contribution is 2.28. The minimum absolute atomic E-state index is 0.494. The number of nitrogens with zero attached hydrogens (tertiary/aromatic N) is 1. The number of anilines is 2. The van der Waals surface area contributed by atoms with Gasteiger partial charge < -0.3 is 10.6 Å². The maximum absolute atomic E-state index is 6.05. The summed E-state index contributed by atoms with van der Waals surface area (Å²) in [6, 6.07) is 6.61. The lowest BCUT2D eigenvalue weighted by molar-refractivity contribution is 0.670. The summed E-state index contributed by atoms with van der Waals surface area (Å²) in [6.45, 7) is 9.80. The van der Waals surface area contributed by atoms with Crippen LogP contribution in [-0.2, 0) is 0 Å². The predicted molar refractivity (Wildman–Crippen MR) is 68.4 cm³/mol. The Morgan fingerprint density at radius 1 is 1.33 bits per heavy atom. The number of nitrogen functional groups attached to an aromatic ring is 1. The number of nitrogens with two attached hydrogens (primary N) is 1. The van der Waals surface area contributed by atoms with Gasteiger partial charge in [0.15, 0.2) is 0 Å². The number of benzene rings is 1. The maximum Gasteiger partial charge on any atom is 0.0631 e. The number of aryl methyl sites for hydroxylation is 1. The monoisotopic (exact) mass is 206 g/mol. The fraction of sp³-hybridized carbons (Fsp3) is 0.538. The van der Waals surface area contributed by atoms with Crippen LogP contribution >= 0.6 is 0 Å². The Morgan fingerprint density at radius 2 is 2.00 bits per heavy atom. The molecule has 0 spiro atoms. The standard InChI is InChI=1S/C13H22N2/c1-5-9-15(10(2)3)13-11(4)7-6-8-12(13)14/h6-8,10H,5,9,14H2,1-4H3. The largest absolute Gasteiger partial charge is 0.397 e. The highest BCUT2D eigenvalue weighted by molar-refractivity contribution is 5.71. The smallest absolute Gasteiger partial charge is 0.0631 e. The zero-order valence-corrected chi connectivity index (χ0v) is 10.2. The van der Waals surface area contributed by atoms with E-state index in [0.29, 0.717) is 6.04 Å². The number of rotatable bonds is 4. The Kier molecular flexibility index (Phi) is 4.01. The van der Waals surface area contributed by atoms with Crippen molar-refractivity contribution in [3.05, 3.63) is 23.8 Å². The highest BCUT2D eigenvalue weighted by Gasteiger charge is 2.14. The van der Waals surface area contributed by atoms with Crippen LogP contribution < -0.4 is 10.6 Å². The van der Waals surface area contributed by atoms with Crippen LogP contribution in [0, 0.1) is 6.92 Å². The van der Waals surface area contributed by atoms with Crippen molar-refractivity contribution < 1.29 is 0 Å². The van der Waals surface area contributed by atoms with Crippen molar-refractivity contribution in [3.8, 4) is 0 Å². The summed E-state index contributed by atoms with van der Waals surface area (Å²) in [6.07, 6.45) is 1.14. The third kappa shape index (κ3) is 2.65. The van der Waals surface area contributed by atoms with Crippen LogP contribution in [0.5, 0.6) is 0 Å². The molecule has 0 amide bonds. The minimum Gasteiger partial charge on any atom is -0.397 e. The molecule has 0 aliphatic heterocycles. The summed E-state index contributed by atoms with van der Waals surface area (Å²) in [5.74, 6) is 0. The van der Waals surface area contributed by atoms with E-state index in [0.717, 1.165) is 18.7 Å². The van der Waals surface area contributed by atoms with E-state index in [1.54, 1.807) is 0 Å². The molecule has 0 saturated carbocycles. The van der Waals surface area contributed by atoms with Crippen molar-refractivity contribution in [1.82, 2.24) is 0 Å². The van der Waals surface area contributed by atoms with Crippen LogP contribution in [-0.4, -0.2) is 12.6 Å². The second-order valence-corrected chi connectivity index (χ2v) is 4.30. The maximum atomic E-state index is 6.05. The SMILES string of the molecule is CCCN(c1c(C)cccc1N)C(C)C. The molecule has 0 aliphatic carbocycles. The van der Waals surface area contributed by atoms with Gasteiger partial charge >= 0.3 is 0 Å². The van der Waals surface area contributed by atoms with Gasteiger partial charge in [-0.2, -0.15) is 0 Å². The Morgan fingerprint density at radius 3 is 2.47 bits per heavy atom. The molecule has 15 heavy (non-hydrogen) atoms. The molecular formula is C13H22N2. The Labute approximate surface area is 93.1 Å². The zero-order valence-electron chi connectivity index (χ0n) is 10.2. The average Bonchev–Trinajstić information content (AvgIpc) is 2.15. The predicted octanol–water partition coefficient (Wildman–Crippen LogP) is 3.20. The molecule has 1 aromatic rings. The van der Waals surface area contributed by atoms with Gasteiger partial charge in [-0.1, -0.05) is 19.1 Å². The number of hydrogen-bond donors (Lipinski definition) is 1. The van der Waals surface area contributed by atoms with Gasteiger partial charge in [0, 0.05) is 12.6 Å². The Hall–Kier alpha value is -1.18. The lowest BCUT2D eigenvalue weighted by Gasteiger charge is -2.31. The first-order chi connectivity index (χ1) is 7.07. The van der Waals surface area contributed by atoms with Crippen LogP contribution in [0.3, 0.4) is 0 Å². The number of hydrogen-bond acceptors (Lipinski definition) is 2. The van der Waals surface area contributed by atoms with Gasteiger partial charge in [0.25, 0.3) is 0 Å². The average molecular weight is 206 g/mol. The second kappa shape index (κ2) is 5.06. The van der Waals surface area contributed by atoms with E-state index in [1.165, 1.54) is 11.3 Å². The Balaban J connectivity index is 3.10. The molecule has 0 radical (unpaired) electrons. The molecule has 0 unspecified atom stereocenters. The van der Waals surface area contributed by atoms with Crippen molar-refractivity contribution in [2.24, 2.45) is 0 Å². The molecule has 2 heteroatoms. The summed E-state index contributed by atoms with van der Waals surface area (Å²) < 4.78 is 0. The van der Waals surface area contributed by atoms with Crippen LogP contribution in [0.25, 0.3) is 0 Å². The van der Waals surface area contributed by atoms with E-state index in [2.05, 4.69) is 38.7 Å². The third-order valence-electron chi connectivity index (χ3n) is 2.64. The van der Waals surface area contributed by atoms with Gasteiger partial charge in [-0.3, -0.25) is 0 Å². The van der Waals surface area contributed by atoms with Crippen molar-refractivity contribution in [2.45, 2.75) is 40.2 Å². The molecule has 1 aromatic carbocycles. The highest BCUT2D eigenvalue weighted by atomic mass is 15.2. The summed E-state index contributed by atoms with van der Waals surface area (Å²) in [7, 11) is 0. The lowest BCUT2D eigenvalue weighted by Crippen LogP contribution is -2.32. The quantitative estimate of drug-likeness (QED) is 0.766. The van der Waals surface area contributed by atoms with E-state index < -0.39 is 0 Å². The van der Waals surface area contributed by atoms with E-state index in [4.69, 9.17) is 5.73 Å². The minimum atomic E-state index is 0.494. The summed E-state index contributed by atoms with van der Waals surface area (Å²) in [5.41, 5.74) is 9.40. The van der Waals surface area contributed by atoms with Crippen LogP contribution in [0.15, 0.2) is 18.2 Å². The van der Waals surface area contributed by atoms with Crippen LogP contribution in [0.1, 0.15) is 32.8 Å². The van der Waals surface area contributed by atoms with E-state index in [9.17, 15) is 0 Å². The normalized spacial score (nSPS) is 10.7. The molecule has 0 bridgehead atoms. The molecule has 0 saturated heterocycles. The van der Waals surface area contributed by atoms with Crippen molar-refractivity contribution >= 4 is 11.4 Å². The van der Waals surface area contributed by atoms with Gasteiger partial charge in [-0.15, -0.1) is 0 Å². The molecule has 2 N–H and O–H groups in total. The van der Waals surface area contributed by atoms with Gasteiger partial charge in [-0.25, -0.2) is 0 Å². The molecule has 84 valence electrons. The molecule has 0 aliphatic rings. The van der Waals surface area contributed by atoms with Crippen molar-refractivity contribution in [2.75, 3.05) is 17.2 Å². The van der Waals surface area contributed by atoms with Gasteiger partial charge in [0.1, 0.15) is 0 Å². The molecular weight excluding hydrogens is 184 g/mol. The van der Waals surface area contributed by atoms with Crippen LogP contribution in [0.2, 0.25) is 0 Å². The fourth-order valence-electron chi connectivity index (χ4n) is 1.94. The summed E-state index contributed by atoms with van der Waals surface area (Å²) >= 11 is 0.